The predicted molar refractivity (Wildman–Crippen MR) is 57.0 cm³/mol. The molecule has 16 heavy (non-hydrogen) atoms. The molecule has 0 bridgehead atoms. The average Bonchev–Trinajstić information content (AvgIpc) is 2.29. The molecule has 0 atom stereocenters. The van der Waals surface area contributed by atoms with Gasteiger partial charge in [0.05, 0.1) is 24.1 Å². The van der Waals surface area contributed by atoms with Crippen molar-refractivity contribution in [2.24, 2.45) is 0 Å². The first-order valence-electron chi connectivity index (χ1n) is 4.60. The number of Topliss-reactive ketones (excluding diaryl/α,β-unsaturated/α-hetero) is 1. The standard InChI is InChI=1S/C11H10ClFO3/c1-16-10(15)6-5-9(14)7-3-2-4-8(12)11(7)13/h2-4H,5-6H2,1H3. The Labute approximate surface area is 97.2 Å². The van der Waals surface area contributed by atoms with E-state index >= 15 is 0 Å². The van der Waals surface area contributed by atoms with Gasteiger partial charge >= 0.3 is 5.97 Å². The van der Waals surface area contributed by atoms with Crippen LogP contribution in [0.1, 0.15) is 23.2 Å². The number of ether oxygens (including phenoxy) is 1. The van der Waals surface area contributed by atoms with Gasteiger partial charge in [-0.1, -0.05) is 17.7 Å². The first-order chi connectivity index (χ1) is 7.56. The van der Waals surface area contributed by atoms with E-state index in [1.165, 1.54) is 25.3 Å². The number of ketones is 1. The molecule has 0 fully saturated rings. The molecule has 3 nitrogen and oxygen atoms in total. The fourth-order valence-corrected chi connectivity index (χ4v) is 1.35. The zero-order valence-electron chi connectivity index (χ0n) is 8.63. The minimum atomic E-state index is -0.751. The molecule has 0 N–H and O–H groups in total. The second-order valence-corrected chi connectivity index (χ2v) is 3.51. The number of carbonyl (C=O) groups is 2. The maximum absolute atomic E-state index is 13.4. The summed E-state index contributed by atoms with van der Waals surface area (Å²) >= 11 is 5.53. The highest BCUT2D eigenvalue weighted by molar-refractivity contribution is 6.31. The fraction of sp³-hybridized carbons (Fsp3) is 0.273. The highest BCUT2D eigenvalue weighted by Gasteiger charge is 2.15. The van der Waals surface area contributed by atoms with Gasteiger partial charge in [-0.2, -0.15) is 0 Å². The van der Waals surface area contributed by atoms with Crippen LogP contribution in [-0.4, -0.2) is 18.9 Å². The minimum absolute atomic E-state index is 0.0682. The summed E-state index contributed by atoms with van der Waals surface area (Å²) in [5.41, 5.74) is -0.101. The predicted octanol–water partition coefficient (Wildman–Crippen LogP) is 2.62. The summed E-state index contributed by atoms with van der Waals surface area (Å²) in [6.45, 7) is 0. The summed E-state index contributed by atoms with van der Waals surface area (Å²) in [5.74, 6) is -1.72. The summed E-state index contributed by atoms with van der Waals surface area (Å²) in [6.07, 6.45) is -0.161. The van der Waals surface area contributed by atoms with Crippen LogP contribution >= 0.6 is 11.6 Å². The van der Waals surface area contributed by atoms with Crippen LogP contribution in [0.15, 0.2) is 18.2 Å². The summed E-state index contributed by atoms with van der Waals surface area (Å²) in [6, 6.07) is 4.17. The quantitative estimate of drug-likeness (QED) is 0.604. The number of rotatable bonds is 4. The molecule has 1 rings (SSSR count). The van der Waals surface area contributed by atoms with Crippen LogP contribution in [0.4, 0.5) is 4.39 Å². The Balaban J connectivity index is 2.74. The molecule has 0 aromatic heterocycles. The Morgan fingerprint density at radius 3 is 2.69 bits per heavy atom. The fourth-order valence-electron chi connectivity index (χ4n) is 1.17. The van der Waals surface area contributed by atoms with Gasteiger partial charge in [0.15, 0.2) is 11.6 Å². The van der Waals surface area contributed by atoms with Gasteiger partial charge in [0.2, 0.25) is 0 Å². The molecule has 0 saturated carbocycles. The summed E-state index contributed by atoms with van der Waals surface area (Å²) in [4.78, 5) is 22.3. The molecule has 5 heteroatoms. The lowest BCUT2D eigenvalue weighted by Gasteiger charge is -2.03. The molecule has 0 spiro atoms. The molecule has 1 aromatic carbocycles. The van der Waals surface area contributed by atoms with Crippen molar-refractivity contribution in [2.75, 3.05) is 7.11 Å². The molecule has 0 aliphatic heterocycles. The van der Waals surface area contributed by atoms with Crippen LogP contribution in [0.2, 0.25) is 5.02 Å². The maximum Gasteiger partial charge on any atom is 0.305 e. The van der Waals surface area contributed by atoms with Gasteiger partial charge in [0.1, 0.15) is 0 Å². The van der Waals surface area contributed by atoms with Gasteiger partial charge in [-0.3, -0.25) is 9.59 Å². The van der Waals surface area contributed by atoms with Crippen LogP contribution in [0.25, 0.3) is 0 Å². The van der Waals surface area contributed by atoms with Gasteiger partial charge in [-0.25, -0.2) is 4.39 Å². The second kappa shape index (κ2) is 5.61. The highest BCUT2D eigenvalue weighted by Crippen LogP contribution is 2.19. The van der Waals surface area contributed by atoms with E-state index in [0.717, 1.165) is 0 Å². The van der Waals surface area contributed by atoms with Crippen molar-refractivity contribution in [3.05, 3.63) is 34.6 Å². The smallest absolute Gasteiger partial charge is 0.305 e. The van der Waals surface area contributed by atoms with Crippen molar-refractivity contribution in [3.8, 4) is 0 Å². The zero-order chi connectivity index (χ0) is 12.1. The van der Waals surface area contributed by atoms with E-state index in [4.69, 9.17) is 11.6 Å². The number of hydrogen-bond donors (Lipinski definition) is 0. The summed E-state index contributed by atoms with van der Waals surface area (Å²) < 4.78 is 17.8. The largest absolute Gasteiger partial charge is 0.469 e. The molecule has 86 valence electrons. The lowest BCUT2D eigenvalue weighted by Crippen LogP contribution is -2.07. The number of benzene rings is 1. The molecule has 1 aromatic rings. The molecule has 0 unspecified atom stereocenters. The molecule has 0 saturated heterocycles. The van der Waals surface area contributed by atoms with Crippen molar-refractivity contribution in [2.45, 2.75) is 12.8 Å². The normalized spacial score (nSPS) is 9.94. The van der Waals surface area contributed by atoms with Gasteiger partial charge < -0.3 is 4.74 Å². The van der Waals surface area contributed by atoms with E-state index in [-0.39, 0.29) is 23.4 Å². The second-order valence-electron chi connectivity index (χ2n) is 3.10. The number of carbonyl (C=O) groups excluding carboxylic acids is 2. The lowest BCUT2D eigenvalue weighted by molar-refractivity contribution is -0.140. The van der Waals surface area contributed by atoms with Gasteiger partial charge in [-0.15, -0.1) is 0 Å². The van der Waals surface area contributed by atoms with Gasteiger partial charge in [0.25, 0.3) is 0 Å². The third kappa shape index (κ3) is 3.03. The van der Waals surface area contributed by atoms with Gasteiger partial charge in [-0.05, 0) is 12.1 Å². The van der Waals surface area contributed by atoms with E-state index in [0.29, 0.717) is 0 Å². The monoisotopic (exact) mass is 244 g/mol. The van der Waals surface area contributed by atoms with Crippen molar-refractivity contribution in [1.29, 1.82) is 0 Å². The van der Waals surface area contributed by atoms with Crippen LogP contribution in [0.5, 0.6) is 0 Å². The third-order valence-corrected chi connectivity index (χ3v) is 2.33. The van der Waals surface area contributed by atoms with E-state index in [9.17, 15) is 14.0 Å². The van der Waals surface area contributed by atoms with Crippen molar-refractivity contribution < 1.29 is 18.7 Å². The first kappa shape index (κ1) is 12.6. The Kier molecular flexibility index (Phi) is 4.43. The molecule has 0 heterocycles. The maximum atomic E-state index is 13.4. The van der Waals surface area contributed by atoms with E-state index in [2.05, 4.69) is 4.74 Å². The van der Waals surface area contributed by atoms with E-state index in [1.807, 2.05) is 0 Å². The minimum Gasteiger partial charge on any atom is -0.469 e. The first-order valence-corrected chi connectivity index (χ1v) is 4.98. The van der Waals surface area contributed by atoms with Crippen LogP contribution in [-0.2, 0) is 9.53 Å². The molecule has 0 amide bonds. The highest BCUT2D eigenvalue weighted by atomic mass is 35.5. The average molecular weight is 245 g/mol. The Morgan fingerprint density at radius 1 is 1.38 bits per heavy atom. The SMILES string of the molecule is COC(=O)CCC(=O)c1cccc(Cl)c1F. The number of hydrogen-bond acceptors (Lipinski definition) is 3. The van der Waals surface area contributed by atoms with E-state index in [1.54, 1.807) is 0 Å². The van der Waals surface area contributed by atoms with E-state index < -0.39 is 17.6 Å². The molecule has 0 radical (unpaired) electrons. The molecular weight excluding hydrogens is 235 g/mol. The van der Waals surface area contributed by atoms with Crippen LogP contribution < -0.4 is 0 Å². The summed E-state index contributed by atoms with van der Waals surface area (Å²) in [5, 5.41) is -0.107. The Morgan fingerprint density at radius 2 is 2.06 bits per heavy atom. The zero-order valence-corrected chi connectivity index (χ0v) is 9.38. The number of esters is 1. The van der Waals surface area contributed by atoms with Crippen LogP contribution in [0, 0.1) is 5.82 Å². The Hall–Kier alpha value is -1.42. The summed E-state index contributed by atoms with van der Waals surface area (Å²) in [7, 11) is 1.23. The van der Waals surface area contributed by atoms with Crippen LogP contribution in [0.3, 0.4) is 0 Å². The number of halogens is 2. The Bertz CT molecular complexity index is 418. The van der Waals surface area contributed by atoms with Crippen molar-refractivity contribution >= 4 is 23.4 Å². The molecular formula is C11H10ClFO3. The van der Waals surface area contributed by atoms with Gasteiger partial charge in [0, 0.05) is 6.42 Å². The van der Waals surface area contributed by atoms with Crippen molar-refractivity contribution in [3.63, 3.8) is 0 Å². The lowest BCUT2D eigenvalue weighted by atomic mass is 10.1. The third-order valence-electron chi connectivity index (χ3n) is 2.04. The topological polar surface area (TPSA) is 43.4 Å². The number of methoxy groups -OCH3 is 1. The van der Waals surface area contributed by atoms with Crippen molar-refractivity contribution in [1.82, 2.24) is 0 Å². The molecule has 0 aliphatic carbocycles. The molecule has 0 aliphatic rings.